The van der Waals surface area contributed by atoms with Crippen molar-refractivity contribution in [3.05, 3.63) is 23.8 Å². The second-order valence-electron chi connectivity index (χ2n) is 5.10. The number of aromatic nitrogens is 2. The number of nitrogens with two attached hydrogens (primary N) is 1. The van der Waals surface area contributed by atoms with Gasteiger partial charge < -0.3 is 5.73 Å². The molecular weight excluding hydrogens is 236 g/mol. The predicted octanol–water partition coefficient (Wildman–Crippen LogP) is 2.65. The summed E-state index contributed by atoms with van der Waals surface area (Å²) in [6.45, 7) is 2.28. The monoisotopic (exact) mass is 255 g/mol. The fraction of sp³-hybridized carbons (Fsp3) is 0.692. The van der Waals surface area contributed by atoms with Gasteiger partial charge in [0.25, 0.3) is 0 Å². The second kappa shape index (κ2) is 5.26. The van der Waals surface area contributed by atoms with Crippen LogP contribution in [-0.2, 0) is 0 Å². The van der Waals surface area contributed by atoms with Crippen LogP contribution in [0.4, 0.5) is 8.78 Å². The maximum atomic E-state index is 13.1. The second-order valence-corrected chi connectivity index (χ2v) is 5.10. The molecule has 1 saturated carbocycles. The van der Waals surface area contributed by atoms with Crippen molar-refractivity contribution in [2.24, 2.45) is 11.7 Å². The highest BCUT2D eigenvalue weighted by molar-refractivity contribution is 5.14. The van der Waals surface area contributed by atoms with Gasteiger partial charge in [-0.25, -0.2) is 18.7 Å². The molecule has 1 atom stereocenters. The standard InChI is InChI=1S/C13H19F2N3/c1-9-17-7-11(8-18-9)12(6-16)10-2-4-13(14,15)5-3-10/h7-8,10,12H,2-6,16H2,1H3/t12-/m1/s1. The molecule has 100 valence electrons. The van der Waals surface area contributed by atoms with E-state index in [-0.39, 0.29) is 24.7 Å². The van der Waals surface area contributed by atoms with E-state index >= 15 is 0 Å². The van der Waals surface area contributed by atoms with Gasteiger partial charge in [-0.3, -0.25) is 0 Å². The van der Waals surface area contributed by atoms with E-state index in [0.29, 0.717) is 25.2 Å². The van der Waals surface area contributed by atoms with Gasteiger partial charge in [0.05, 0.1) is 0 Å². The number of alkyl halides is 2. The van der Waals surface area contributed by atoms with E-state index in [0.717, 1.165) is 5.56 Å². The highest BCUT2D eigenvalue weighted by Gasteiger charge is 2.37. The van der Waals surface area contributed by atoms with Crippen LogP contribution in [0.5, 0.6) is 0 Å². The highest BCUT2D eigenvalue weighted by atomic mass is 19.3. The van der Waals surface area contributed by atoms with E-state index in [9.17, 15) is 8.78 Å². The van der Waals surface area contributed by atoms with Crippen molar-refractivity contribution in [1.82, 2.24) is 9.97 Å². The topological polar surface area (TPSA) is 51.8 Å². The van der Waals surface area contributed by atoms with Crippen LogP contribution >= 0.6 is 0 Å². The van der Waals surface area contributed by atoms with Crippen LogP contribution in [0.25, 0.3) is 0 Å². The van der Waals surface area contributed by atoms with Crippen molar-refractivity contribution in [2.75, 3.05) is 6.54 Å². The van der Waals surface area contributed by atoms with Gasteiger partial charge in [-0.2, -0.15) is 0 Å². The summed E-state index contributed by atoms with van der Waals surface area (Å²) in [4.78, 5) is 8.31. The Hall–Kier alpha value is -1.10. The molecule has 1 aliphatic rings. The number of hydrogen-bond acceptors (Lipinski definition) is 3. The molecule has 1 aromatic rings. The molecule has 0 aliphatic heterocycles. The minimum Gasteiger partial charge on any atom is -0.330 e. The summed E-state index contributed by atoms with van der Waals surface area (Å²) in [7, 11) is 0. The summed E-state index contributed by atoms with van der Waals surface area (Å²) in [5.74, 6) is -1.45. The number of halogens is 2. The van der Waals surface area contributed by atoms with Crippen LogP contribution in [0.2, 0.25) is 0 Å². The molecule has 0 radical (unpaired) electrons. The van der Waals surface area contributed by atoms with Crippen LogP contribution in [-0.4, -0.2) is 22.4 Å². The number of hydrogen-bond donors (Lipinski definition) is 1. The lowest BCUT2D eigenvalue weighted by Gasteiger charge is -2.33. The SMILES string of the molecule is Cc1ncc([C@H](CN)C2CCC(F)(F)CC2)cn1. The zero-order valence-corrected chi connectivity index (χ0v) is 10.6. The molecule has 0 spiro atoms. The van der Waals surface area contributed by atoms with Gasteiger partial charge in [0.15, 0.2) is 0 Å². The van der Waals surface area contributed by atoms with Crippen LogP contribution in [0.1, 0.15) is 43.0 Å². The van der Waals surface area contributed by atoms with Crippen molar-refractivity contribution >= 4 is 0 Å². The average Bonchev–Trinajstić information content (AvgIpc) is 2.34. The third-order valence-corrected chi connectivity index (χ3v) is 3.81. The summed E-state index contributed by atoms with van der Waals surface area (Å²) in [6, 6.07) is 0. The molecule has 0 amide bonds. The molecule has 0 saturated heterocycles. The van der Waals surface area contributed by atoms with Crippen LogP contribution in [0, 0.1) is 12.8 Å². The van der Waals surface area contributed by atoms with Gasteiger partial charge in [0.2, 0.25) is 5.92 Å². The number of aryl methyl sites for hydroxylation is 1. The predicted molar refractivity (Wildman–Crippen MR) is 65.5 cm³/mol. The van der Waals surface area contributed by atoms with Crippen molar-refractivity contribution in [1.29, 1.82) is 0 Å². The average molecular weight is 255 g/mol. The maximum Gasteiger partial charge on any atom is 0.248 e. The molecule has 1 heterocycles. The quantitative estimate of drug-likeness (QED) is 0.903. The number of rotatable bonds is 3. The summed E-state index contributed by atoms with van der Waals surface area (Å²) < 4.78 is 26.3. The smallest absolute Gasteiger partial charge is 0.248 e. The lowest BCUT2D eigenvalue weighted by atomic mass is 9.76. The van der Waals surface area contributed by atoms with Crippen molar-refractivity contribution in [3.63, 3.8) is 0 Å². The number of nitrogens with zero attached hydrogens (tertiary/aromatic N) is 2. The first-order valence-corrected chi connectivity index (χ1v) is 6.38. The Labute approximate surface area is 106 Å². The summed E-state index contributed by atoms with van der Waals surface area (Å²) >= 11 is 0. The minimum atomic E-state index is -2.49. The molecule has 2 N–H and O–H groups in total. The molecule has 0 unspecified atom stereocenters. The van der Waals surface area contributed by atoms with Crippen LogP contribution in [0.3, 0.4) is 0 Å². The molecule has 0 bridgehead atoms. The fourth-order valence-corrected chi connectivity index (χ4v) is 2.66. The van der Waals surface area contributed by atoms with Crippen molar-refractivity contribution < 1.29 is 8.78 Å². The Morgan fingerprint density at radius 2 is 1.89 bits per heavy atom. The Morgan fingerprint density at radius 1 is 1.33 bits per heavy atom. The van der Waals surface area contributed by atoms with Crippen LogP contribution in [0.15, 0.2) is 12.4 Å². The van der Waals surface area contributed by atoms with E-state index < -0.39 is 5.92 Å². The first-order valence-electron chi connectivity index (χ1n) is 6.38. The molecule has 3 nitrogen and oxygen atoms in total. The largest absolute Gasteiger partial charge is 0.330 e. The molecule has 1 aliphatic carbocycles. The third kappa shape index (κ3) is 3.02. The van der Waals surface area contributed by atoms with Gasteiger partial charge in [-0.1, -0.05) is 0 Å². The maximum absolute atomic E-state index is 13.1. The Kier molecular flexibility index (Phi) is 3.90. The van der Waals surface area contributed by atoms with E-state index in [1.54, 1.807) is 12.4 Å². The molecule has 0 aromatic carbocycles. The Morgan fingerprint density at radius 3 is 2.39 bits per heavy atom. The van der Waals surface area contributed by atoms with Gasteiger partial charge in [-0.05, 0) is 37.8 Å². The summed E-state index contributed by atoms with van der Waals surface area (Å²) in [6.07, 6.45) is 4.55. The molecule has 1 fully saturated rings. The normalized spacial score (nSPS) is 21.8. The lowest BCUT2D eigenvalue weighted by molar-refractivity contribution is -0.0482. The molecule has 5 heteroatoms. The van der Waals surface area contributed by atoms with Gasteiger partial charge in [0, 0.05) is 31.2 Å². The Bertz CT molecular complexity index is 382. The van der Waals surface area contributed by atoms with Crippen molar-refractivity contribution in [3.8, 4) is 0 Å². The van der Waals surface area contributed by atoms with E-state index in [4.69, 9.17) is 5.73 Å². The molecule has 2 rings (SSSR count). The molecular formula is C13H19F2N3. The molecule has 18 heavy (non-hydrogen) atoms. The van der Waals surface area contributed by atoms with E-state index in [1.807, 2.05) is 6.92 Å². The van der Waals surface area contributed by atoms with E-state index in [1.165, 1.54) is 0 Å². The van der Waals surface area contributed by atoms with Gasteiger partial charge in [0.1, 0.15) is 5.82 Å². The fourth-order valence-electron chi connectivity index (χ4n) is 2.66. The minimum absolute atomic E-state index is 0.0269. The van der Waals surface area contributed by atoms with Crippen LogP contribution < -0.4 is 5.73 Å². The summed E-state index contributed by atoms with van der Waals surface area (Å²) in [5, 5.41) is 0. The van der Waals surface area contributed by atoms with Gasteiger partial charge >= 0.3 is 0 Å². The first-order chi connectivity index (χ1) is 8.52. The lowest BCUT2D eigenvalue weighted by Crippen LogP contribution is -2.30. The first kappa shape index (κ1) is 13.3. The summed E-state index contributed by atoms with van der Waals surface area (Å²) in [5.41, 5.74) is 6.77. The van der Waals surface area contributed by atoms with Crippen molar-refractivity contribution in [2.45, 2.75) is 44.4 Å². The third-order valence-electron chi connectivity index (χ3n) is 3.81. The highest BCUT2D eigenvalue weighted by Crippen LogP contribution is 2.41. The zero-order chi connectivity index (χ0) is 13.2. The zero-order valence-electron chi connectivity index (χ0n) is 10.6. The Balaban J connectivity index is 2.08. The van der Waals surface area contributed by atoms with E-state index in [2.05, 4.69) is 9.97 Å². The molecule has 1 aromatic heterocycles. The van der Waals surface area contributed by atoms with Gasteiger partial charge in [-0.15, -0.1) is 0 Å².